The number of ether oxygens (including phenoxy) is 2. The van der Waals surface area contributed by atoms with E-state index in [9.17, 15) is 9.59 Å². The second-order valence-electron chi connectivity index (χ2n) is 6.29. The van der Waals surface area contributed by atoms with Crippen LogP contribution in [0.2, 0.25) is 0 Å². The number of hydrogen-bond acceptors (Lipinski definition) is 6. The number of guanidine groups is 1. The van der Waals surface area contributed by atoms with Gasteiger partial charge in [-0.3, -0.25) is 14.6 Å². The molecule has 9 nitrogen and oxygen atoms in total. The van der Waals surface area contributed by atoms with E-state index in [-0.39, 0.29) is 11.9 Å². The number of carbonyl (C=O) groups excluding carboxylic acids is 2. The fourth-order valence-electron chi connectivity index (χ4n) is 3.57. The minimum Gasteiger partial charge on any atom is -0.497 e. The Balaban J connectivity index is 1.77. The molecule has 3 aliphatic rings. The first kappa shape index (κ1) is 16.4. The number of anilines is 1. The largest absolute Gasteiger partial charge is 0.497 e. The molecule has 0 saturated carbocycles. The van der Waals surface area contributed by atoms with Gasteiger partial charge in [-0.25, -0.2) is 14.3 Å². The Hall–Kier alpha value is -3.10. The summed E-state index contributed by atoms with van der Waals surface area (Å²) in [5.74, 6) is 2.20. The van der Waals surface area contributed by atoms with Crippen molar-refractivity contribution in [2.45, 2.75) is 6.04 Å². The molecule has 1 fully saturated rings. The fourth-order valence-corrected chi connectivity index (χ4v) is 3.57. The van der Waals surface area contributed by atoms with Crippen LogP contribution in [-0.4, -0.2) is 85.6 Å². The van der Waals surface area contributed by atoms with Crippen LogP contribution in [0.3, 0.4) is 0 Å². The molecule has 1 atom stereocenters. The molecule has 3 heterocycles. The van der Waals surface area contributed by atoms with E-state index >= 15 is 0 Å². The van der Waals surface area contributed by atoms with Crippen LogP contribution in [0.4, 0.5) is 10.5 Å². The normalized spacial score (nSPS) is 21.9. The second-order valence-corrected chi connectivity index (χ2v) is 6.29. The first-order chi connectivity index (χ1) is 12.5. The average molecular weight is 358 g/mol. The molecule has 136 valence electrons. The Bertz CT molecular complexity index is 878. The molecule has 0 aromatic heterocycles. The number of fused-ring (bicyclic) bond motifs is 2. The molecule has 26 heavy (non-hydrogen) atoms. The number of rotatable bonds is 3. The average Bonchev–Trinajstić information content (AvgIpc) is 3.23. The summed E-state index contributed by atoms with van der Waals surface area (Å²) < 4.78 is 12.7. The molecular weight excluding hydrogens is 338 g/mol. The maximum atomic E-state index is 12.6. The van der Waals surface area contributed by atoms with Crippen LogP contribution in [0.5, 0.6) is 11.5 Å². The highest BCUT2D eigenvalue weighted by Gasteiger charge is 2.54. The number of benzene rings is 1. The number of likely N-dealkylation sites (N-methyl/N-ethyl adjacent to an activating group) is 2. The summed E-state index contributed by atoms with van der Waals surface area (Å²) in [7, 11) is 6.33. The van der Waals surface area contributed by atoms with Crippen molar-refractivity contribution in [3.63, 3.8) is 0 Å². The Labute approximate surface area is 150 Å². The van der Waals surface area contributed by atoms with E-state index in [1.807, 2.05) is 27.7 Å². The van der Waals surface area contributed by atoms with Crippen molar-refractivity contribution < 1.29 is 23.6 Å². The number of amidine groups is 1. The van der Waals surface area contributed by atoms with Crippen molar-refractivity contribution in [3.05, 3.63) is 18.2 Å². The van der Waals surface area contributed by atoms with Gasteiger partial charge in [0, 0.05) is 20.2 Å². The highest BCUT2D eigenvalue weighted by Crippen LogP contribution is 2.35. The molecule has 0 aliphatic carbocycles. The van der Waals surface area contributed by atoms with Gasteiger partial charge >= 0.3 is 12.0 Å². The molecule has 1 unspecified atom stereocenters. The molecule has 3 aliphatic heterocycles. The molecule has 1 aromatic carbocycles. The van der Waals surface area contributed by atoms with Gasteiger partial charge in [-0.05, 0) is 12.1 Å². The lowest BCUT2D eigenvalue weighted by Gasteiger charge is -2.31. The van der Waals surface area contributed by atoms with E-state index in [4.69, 9.17) is 9.47 Å². The molecule has 1 aromatic rings. The summed E-state index contributed by atoms with van der Waals surface area (Å²) in [6, 6.07) is 4.62. The van der Waals surface area contributed by atoms with Crippen molar-refractivity contribution in [2.75, 3.05) is 46.3 Å². The van der Waals surface area contributed by atoms with Gasteiger partial charge in [0.15, 0.2) is 5.75 Å². The van der Waals surface area contributed by atoms with Gasteiger partial charge in [0.1, 0.15) is 18.0 Å². The Morgan fingerprint density at radius 1 is 1.15 bits per heavy atom. The second kappa shape index (κ2) is 5.72. The van der Waals surface area contributed by atoms with Gasteiger partial charge in [-0.1, -0.05) is 4.99 Å². The van der Waals surface area contributed by atoms with Crippen LogP contribution in [0, 0.1) is 0 Å². The Morgan fingerprint density at radius 3 is 2.62 bits per heavy atom. The smallest absolute Gasteiger partial charge is 0.397 e. The molecule has 0 radical (unpaired) electrons. The van der Waals surface area contributed by atoms with Crippen LogP contribution < -0.4 is 14.4 Å². The van der Waals surface area contributed by atoms with Gasteiger partial charge in [-0.15, -0.1) is 0 Å². The summed E-state index contributed by atoms with van der Waals surface area (Å²) in [5.41, 5.74) is 0.837. The molecule has 9 heteroatoms. The van der Waals surface area contributed by atoms with E-state index in [1.54, 1.807) is 21.3 Å². The third kappa shape index (κ3) is 2.09. The third-order valence-corrected chi connectivity index (χ3v) is 4.99. The van der Waals surface area contributed by atoms with E-state index in [0.29, 0.717) is 36.4 Å². The minimum atomic E-state index is -0.563. The molecule has 0 bridgehead atoms. The highest BCUT2D eigenvalue weighted by molar-refractivity contribution is 6.24. The van der Waals surface area contributed by atoms with Crippen LogP contribution in [0.1, 0.15) is 0 Å². The quantitative estimate of drug-likeness (QED) is 0.721. The number of carbonyl (C=O) groups is 2. The molecule has 3 amide bonds. The van der Waals surface area contributed by atoms with Gasteiger partial charge in [0.2, 0.25) is 11.9 Å². The van der Waals surface area contributed by atoms with Gasteiger partial charge < -0.3 is 9.47 Å². The third-order valence-electron chi connectivity index (χ3n) is 4.99. The predicted molar refractivity (Wildman–Crippen MR) is 94.2 cm³/mol. The number of amides is 3. The van der Waals surface area contributed by atoms with Gasteiger partial charge in [-0.2, -0.15) is 0 Å². The number of hydrogen-bond donors (Lipinski definition) is 0. The Morgan fingerprint density at radius 2 is 1.92 bits per heavy atom. The standard InChI is InChI=1S/C17H20N5O4/c1-19-14-13(15(23)20(2)17(19)24)22-8-7-21(16(22)18-14)11-6-5-10(25-3)9-12(11)26-4/h5-6,9,13H,7-8H2,1-4H3/q+1. The number of urea groups is 1. The zero-order valence-electron chi connectivity index (χ0n) is 15.1. The Kier molecular flexibility index (Phi) is 3.60. The predicted octanol–water partition coefficient (Wildman–Crippen LogP) is 0.197. The van der Waals surface area contributed by atoms with Crippen molar-refractivity contribution in [1.29, 1.82) is 0 Å². The van der Waals surface area contributed by atoms with Crippen molar-refractivity contribution >= 4 is 29.4 Å². The van der Waals surface area contributed by atoms with E-state index in [2.05, 4.69) is 4.99 Å². The van der Waals surface area contributed by atoms with Crippen molar-refractivity contribution in [2.24, 2.45) is 4.99 Å². The molecule has 0 spiro atoms. The van der Waals surface area contributed by atoms with Crippen molar-refractivity contribution in [3.8, 4) is 11.5 Å². The first-order valence-corrected chi connectivity index (χ1v) is 8.25. The summed E-state index contributed by atoms with van der Waals surface area (Å²) in [4.78, 5) is 34.0. The maximum absolute atomic E-state index is 12.6. The molecule has 0 N–H and O–H groups in total. The van der Waals surface area contributed by atoms with Gasteiger partial charge in [0.05, 0.1) is 20.8 Å². The molecule has 1 saturated heterocycles. The monoisotopic (exact) mass is 358 g/mol. The molecule has 4 rings (SSSR count). The number of nitrogens with zero attached hydrogens (tertiary/aromatic N) is 5. The summed E-state index contributed by atoms with van der Waals surface area (Å²) in [6.07, 6.45) is 0. The first-order valence-electron chi connectivity index (χ1n) is 8.25. The number of aliphatic imine (C=N–C) groups is 1. The zero-order valence-corrected chi connectivity index (χ0v) is 15.1. The van der Waals surface area contributed by atoms with Crippen LogP contribution in [-0.2, 0) is 4.79 Å². The lowest BCUT2D eigenvalue weighted by atomic mass is 10.1. The van der Waals surface area contributed by atoms with E-state index in [1.165, 1.54) is 11.9 Å². The number of imide groups is 1. The summed E-state index contributed by atoms with van der Waals surface area (Å²) in [5, 5.41) is 0. The van der Waals surface area contributed by atoms with Crippen LogP contribution >= 0.6 is 0 Å². The molecular formula is C17H20N5O4+. The topological polar surface area (TPSA) is 77.7 Å². The summed E-state index contributed by atoms with van der Waals surface area (Å²) >= 11 is 0. The van der Waals surface area contributed by atoms with Crippen molar-refractivity contribution in [1.82, 2.24) is 9.80 Å². The lowest BCUT2D eigenvalue weighted by Crippen LogP contribution is -2.61. The SMILES string of the molecule is COc1ccc(N2CC[N+]3=C2N=C2C3C(=O)N(C)C(=O)N2C)c(OC)c1. The minimum absolute atomic E-state index is 0.259. The maximum Gasteiger partial charge on any atom is 0.397 e. The van der Waals surface area contributed by atoms with Crippen LogP contribution in [0.25, 0.3) is 0 Å². The van der Waals surface area contributed by atoms with Crippen LogP contribution in [0.15, 0.2) is 23.2 Å². The van der Waals surface area contributed by atoms with E-state index in [0.717, 1.165) is 10.6 Å². The summed E-state index contributed by atoms with van der Waals surface area (Å²) in [6.45, 7) is 1.30. The fraction of sp³-hybridized carbons (Fsp3) is 0.412. The lowest BCUT2D eigenvalue weighted by molar-refractivity contribution is -0.525. The van der Waals surface area contributed by atoms with E-state index < -0.39 is 6.04 Å². The number of methoxy groups -OCH3 is 2. The zero-order chi connectivity index (χ0) is 18.6. The van der Waals surface area contributed by atoms with Gasteiger partial charge in [0.25, 0.3) is 5.91 Å². The highest BCUT2D eigenvalue weighted by atomic mass is 16.5.